The van der Waals surface area contributed by atoms with Crippen LogP contribution in [0, 0.1) is 0 Å². The third kappa shape index (κ3) is 3.55. The zero-order valence-electron chi connectivity index (χ0n) is 16.9. The molecule has 4 amide bonds. The summed E-state index contributed by atoms with van der Waals surface area (Å²) in [6.07, 6.45) is 2.69. The Balaban J connectivity index is 1.55. The molecular weight excluding hydrogens is 386 g/mol. The van der Waals surface area contributed by atoms with Crippen LogP contribution in [0.1, 0.15) is 12.5 Å². The van der Waals surface area contributed by atoms with Crippen molar-refractivity contribution in [3.05, 3.63) is 42.0 Å². The zero-order valence-corrected chi connectivity index (χ0v) is 16.9. The molecule has 30 heavy (non-hydrogen) atoms. The van der Waals surface area contributed by atoms with Crippen LogP contribution in [0.4, 0.5) is 4.79 Å². The number of hydrogen-bond donors (Lipinski definition) is 2. The highest BCUT2D eigenvalue weighted by molar-refractivity contribution is 6.01. The molecule has 0 aliphatic carbocycles. The summed E-state index contributed by atoms with van der Waals surface area (Å²) in [5, 5.41) is 9.19. The molecule has 3 atom stereocenters. The van der Waals surface area contributed by atoms with Crippen molar-refractivity contribution < 1.29 is 14.4 Å². The molecule has 10 heteroatoms. The number of carbonyl (C=O) groups excluding carboxylic acids is 3. The second kappa shape index (κ2) is 7.88. The van der Waals surface area contributed by atoms with Crippen LogP contribution in [0.5, 0.6) is 0 Å². The maximum atomic E-state index is 13.3. The minimum Gasteiger partial charge on any atom is -0.368 e. The molecule has 0 aromatic heterocycles. The molecule has 3 aliphatic rings. The van der Waals surface area contributed by atoms with Gasteiger partial charge in [-0.1, -0.05) is 42.5 Å². The quantitative estimate of drug-likeness (QED) is 0.685. The van der Waals surface area contributed by atoms with Gasteiger partial charge in [-0.15, -0.1) is 0 Å². The van der Waals surface area contributed by atoms with E-state index in [-0.39, 0.29) is 25.0 Å². The third-order valence-corrected chi connectivity index (χ3v) is 5.47. The lowest BCUT2D eigenvalue weighted by molar-refractivity contribution is -0.138. The summed E-state index contributed by atoms with van der Waals surface area (Å²) >= 11 is 0. The molecular formula is C20H25N7O3. The van der Waals surface area contributed by atoms with Crippen LogP contribution in [0.15, 0.2) is 41.5 Å². The summed E-state index contributed by atoms with van der Waals surface area (Å²) in [7, 11) is 1.66. The van der Waals surface area contributed by atoms with E-state index < -0.39 is 24.4 Å². The first kappa shape index (κ1) is 20.0. The molecule has 0 bridgehead atoms. The van der Waals surface area contributed by atoms with Crippen molar-refractivity contribution in [3.8, 4) is 0 Å². The van der Waals surface area contributed by atoms with Crippen molar-refractivity contribution in [2.24, 2.45) is 10.8 Å². The molecule has 3 aliphatic heterocycles. The van der Waals surface area contributed by atoms with E-state index in [2.05, 4.69) is 10.4 Å². The molecule has 10 nitrogen and oxygen atoms in total. The molecule has 3 unspecified atom stereocenters. The second-order valence-electron chi connectivity index (χ2n) is 7.66. The van der Waals surface area contributed by atoms with E-state index in [9.17, 15) is 14.4 Å². The van der Waals surface area contributed by atoms with E-state index >= 15 is 0 Å². The second-order valence-corrected chi connectivity index (χ2v) is 7.66. The highest BCUT2D eigenvalue weighted by atomic mass is 16.2. The fraction of sp³-hybridized carbons (Fsp3) is 0.400. The highest BCUT2D eigenvalue weighted by Gasteiger charge is 2.56. The number of rotatable bonds is 5. The molecule has 2 saturated heterocycles. The summed E-state index contributed by atoms with van der Waals surface area (Å²) in [5.41, 5.74) is 7.11. The van der Waals surface area contributed by atoms with Crippen LogP contribution >= 0.6 is 0 Å². The van der Waals surface area contributed by atoms with E-state index in [1.165, 1.54) is 14.8 Å². The number of fused-ring (bicyclic) bond motifs is 3. The maximum absolute atomic E-state index is 13.3. The standard InChI is InChI=1S/C20H25N7O3/c1-13-11-26-16-17(22-19(26)27(23-13)12-15(21)28)24(2)20(30)25(18(16)29)10-6-9-14-7-4-3-5-8-14/h3-9,16-17,19,22H,10-12H2,1-2H3,(H2,21,28)/b9-6+. The number of primary amides is 1. The fourth-order valence-electron chi connectivity index (χ4n) is 4.16. The van der Waals surface area contributed by atoms with Gasteiger partial charge in [0.1, 0.15) is 18.8 Å². The van der Waals surface area contributed by atoms with E-state index in [1.807, 2.05) is 54.3 Å². The average Bonchev–Trinajstić information content (AvgIpc) is 3.09. The van der Waals surface area contributed by atoms with Gasteiger partial charge in [0, 0.05) is 25.8 Å². The van der Waals surface area contributed by atoms with Crippen LogP contribution in [0.25, 0.3) is 6.08 Å². The van der Waals surface area contributed by atoms with Crippen LogP contribution in [0.2, 0.25) is 0 Å². The molecule has 2 fully saturated rings. The van der Waals surface area contributed by atoms with Gasteiger partial charge in [0.05, 0.1) is 0 Å². The summed E-state index contributed by atoms with van der Waals surface area (Å²) in [6.45, 7) is 2.38. The van der Waals surface area contributed by atoms with Gasteiger partial charge in [-0.2, -0.15) is 5.10 Å². The van der Waals surface area contributed by atoms with Crippen LogP contribution < -0.4 is 11.1 Å². The molecule has 4 rings (SSSR count). The highest BCUT2D eigenvalue weighted by Crippen LogP contribution is 2.30. The van der Waals surface area contributed by atoms with Crippen molar-refractivity contribution in [3.63, 3.8) is 0 Å². The Morgan fingerprint density at radius 1 is 1.30 bits per heavy atom. The largest absolute Gasteiger partial charge is 0.368 e. The number of carbonyl (C=O) groups is 3. The van der Waals surface area contributed by atoms with Crippen LogP contribution in [-0.2, 0) is 9.59 Å². The molecule has 3 heterocycles. The first-order chi connectivity index (χ1) is 14.4. The predicted octanol–water partition coefficient (Wildman–Crippen LogP) is -0.346. The number of hydrogen-bond acceptors (Lipinski definition) is 7. The zero-order chi connectivity index (χ0) is 21.4. The van der Waals surface area contributed by atoms with Crippen molar-refractivity contribution >= 4 is 29.6 Å². The Hall–Kier alpha value is -3.24. The van der Waals surface area contributed by atoms with Gasteiger partial charge >= 0.3 is 6.03 Å². The monoisotopic (exact) mass is 411 g/mol. The Labute approximate surface area is 174 Å². The Morgan fingerprint density at radius 2 is 2.03 bits per heavy atom. The number of nitrogens with one attached hydrogen (secondary N) is 1. The molecule has 1 aromatic rings. The first-order valence-corrected chi connectivity index (χ1v) is 9.77. The molecule has 1 aromatic carbocycles. The minimum absolute atomic E-state index is 0.0830. The summed E-state index contributed by atoms with van der Waals surface area (Å²) < 4.78 is 0. The number of hydrazone groups is 1. The van der Waals surface area contributed by atoms with Crippen molar-refractivity contribution in [2.75, 3.05) is 26.7 Å². The molecule has 0 radical (unpaired) electrons. The van der Waals surface area contributed by atoms with Gasteiger partial charge in [-0.05, 0) is 12.5 Å². The molecule has 3 N–H and O–H groups in total. The van der Waals surface area contributed by atoms with Gasteiger partial charge in [0.2, 0.25) is 5.91 Å². The summed E-state index contributed by atoms with van der Waals surface area (Å²) in [6, 6.07) is 8.74. The number of benzene rings is 1. The molecule has 158 valence electrons. The predicted molar refractivity (Wildman–Crippen MR) is 111 cm³/mol. The first-order valence-electron chi connectivity index (χ1n) is 9.77. The number of imide groups is 1. The van der Waals surface area contributed by atoms with Crippen molar-refractivity contribution in [2.45, 2.75) is 25.4 Å². The van der Waals surface area contributed by atoms with Gasteiger partial charge in [0.15, 0.2) is 6.29 Å². The topological polar surface area (TPSA) is 115 Å². The van der Waals surface area contributed by atoms with Gasteiger partial charge in [-0.3, -0.25) is 24.8 Å². The van der Waals surface area contributed by atoms with E-state index in [4.69, 9.17) is 5.73 Å². The Bertz CT molecular complexity index is 916. The average molecular weight is 411 g/mol. The van der Waals surface area contributed by atoms with E-state index in [0.29, 0.717) is 6.54 Å². The summed E-state index contributed by atoms with van der Waals surface area (Å²) in [5.74, 6) is -0.793. The van der Waals surface area contributed by atoms with Crippen molar-refractivity contribution in [1.82, 2.24) is 25.0 Å². The fourth-order valence-corrected chi connectivity index (χ4v) is 4.16. The number of likely N-dealkylation sites (N-methyl/N-ethyl adjacent to an activating group) is 1. The lowest BCUT2D eigenvalue weighted by Gasteiger charge is -2.42. The lowest BCUT2D eigenvalue weighted by atomic mass is 10.1. The third-order valence-electron chi connectivity index (χ3n) is 5.47. The van der Waals surface area contributed by atoms with Crippen LogP contribution in [-0.4, -0.2) is 88.4 Å². The van der Waals surface area contributed by atoms with Gasteiger partial charge < -0.3 is 10.6 Å². The number of nitrogens with zero attached hydrogens (tertiary/aromatic N) is 5. The van der Waals surface area contributed by atoms with Gasteiger partial charge in [0.25, 0.3) is 5.91 Å². The minimum atomic E-state index is -0.580. The Morgan fingerprint density at radius 3 is 2.73 bits per heavy atom. The van der Waals surface area contributed by atoms with Crippen LogP contribution in [0.3, 0.4) is 0 Å². The Kier molecular flexibility index (Phi) is 5.27. The van der Waals surface area contributed by atoms with Gasteiger partial charge in [-0.25, -0.2) is 9.69 Å². The number of amides is 4. The van der Waals surface area contributed by atoms with Crippen molar-refractivity contribution in [1.29, 1.82) is 0 Å². The normalized spacial score (nSPS) is 26.8. The lowest BCUT2D eigenvalue weighted by Crippen LogP contribution is -2.66. The van der Waals surface area contributed by atoms with E-state index in [0.717, 1.165) is 11.3 Å². The smallest absolute Gasteiger partial charge is 0.328 e. The molecule has 0 spiro atoms. The number of nitrogens with two attached hydrogens (primary N) is 1. The molecule has 0 saturated carbocycles. The summed E-state index contributed by atoms with van der Waals surface area (Å²) in [4.78, 5) is 42.3. The maximum Gasteiger partial charge on any atom is 0.328 e. The SMILES string of the molecule is CC1=NN(CC(N)=O)C2NC3C(C(=O)N(C/C=C/c4ccccc4)C(=O)N3C)N2C1. The number of urea groups is 1. The van der Waals surface area contributed by atoms with E-state index in [1.54, 1.807) is 7.05 Å².